The van der Waals surface area contributed by atoms with Gasteiger partial charge in [-0.1, -0.05) is 24.3 Å². The van der Waals surface area contributed by atoms with Gasteiger partial charge in [0.1, 0.15) is 5.60 Å². The summed E-state index contributed by atoms with van der Waals surface area (Å²) in [5, 5.41) is 0. The fourth-order valence-electron chi connectivity index (χ4n) is 4.46. The summed E-state index contributed by atoms with van der Waals surface area (Å²) >= 11 is 0. The van der Waals surface area contributed by atoms with Gasteiger partial charge in [0.25, 0.3) is 0 Å². The second-order valence-corrected chi connectivity index (χ2v) is 11.8. The van der Waals surface area contributed by atoms with E-state index < -0.39 is 5.60 Å². The first-order valence-corrected chi connectivity index (χ1v) is 12.0. The first-order chi connectivity index (χ1) is 14.8. The lowest BCUT2D eigenvalue weighted by Crippen LogP contribution is -2.53. The molecule has 3 saturated heterocycles. The van der Waals surface area contributed by atoms with Gasteiger partial charge < -0.3 is 23.8 Å². The van der Waals surface area contributed by atoms with Gasteiger partial charge in [0.2, 0.25) is 0 Å². The average molecular weight is 442 g/mol. The molecule has 0 spiro atoms. The van der Waals surface area contributed by atoms with E-state index in [4.69, 9.17) is 14.0 Å². The highest BCUT2D eigenvalue weighted by molar-refractivity contribution is 6.62. The topological polar surface area (TPSA) is 51.2 Å². The van der Waals surface area contributed by atoms with Gasteiger partial charge >= 0.3 is 13.2 Å². The van der Waals surface area contributed by atoms with E-state index in [-0.39, 0.29) is 24.4 Å². The van der Waals surface area contributed by atoms with Crippen molar-refractivity contribution in [1.82, 2.24) is 9.80 Å². The molecule has 0 aliphatic carbocycles. The van der Waals surface area contributed by atoms with Gasteiger partial charge in [-0.25, -0.2) is 4.79 Å². The summed E-state index contributed by atoms with van der Waals surface area (Å²) in [6.07, 6.45) is 0.967. The van der Waals surface area contributed by atoms with Gasteiger partial charge in [-0.2, -0.15) is 0 Å². The van der Waals surface area contributed by atoms with E-state index in [0.717, 1.165) is 44.6 Å². The van der Waals surface area contributed by atoms with Crippen molar-refractivity contribution >= 4 is 18.7 Å². The molecule has 0 atom stereocenters. The number of hydrogen-bond acceptors (Lipinski definition) is 5. The molecule has 0 saturated carbocycles. The molecule has 32 heavy (non-hydrogen) atoms. The number of hydrogen-bond donors (Lipinski definition) is 0. The quantitative estimate of drug-likeness (QED) is 0.652. The molecule has 0 unspecified atom stereocenters. The molecule has 4 rings (SSSR count). The van der Waals surface area contributed by atoms with Crippen molar-refractivity contribution < 1.29 is 18.8 Å². The van der Waals surface area contributed by atoms with Crippen LogP contribution in [0.15, 0.2) is 24.3 Å². The molecule has 6 nitrogen and oxygen atoms in total. The Balaban J connectivity index is 1.17. The first-order valence-electron chi connectivity index (χ1n) is 12.0. The standard InChI is InChI=1S/C25H39BN2O4/c1-23(2,3)30-22(29)28-14-18(15-28)12-13-27-16-20(17-27)19-8-10-21(11-9-19)26-31-24(4,5)25(6,7)32-26/h8-11,18,20H,12-17H2,1-7H3. The SMILES string of the molecule is CC(C)(C)OC(=O)N1CC(CCN2CC(c3ccc(B4OC(C)(C)C(C)(C)O4)cc3)C2)C1. The molecule has 3 fully saturated rings. The molecular formula is C25H39BN2O4. The number of carbonyl (C=O) groups excluding carboxylic acids is 1. The van der Waals surface area contributed by atoms with E-state index in [1.165, 1.54) is 5.56 Å². The third-order valence-corrected chi connectivity index (χ3v) is 7.35. The summed E-state index contributed by atoms with van der Waals surface area (Å²) in [4.78, 5) is 16.4. The van der Waals surface area contributed by atoms with Crippen LogP contribution in [-0.4, -0.2) is 72.5 Å². The van der Waals surface area contributed by atoms with Crippen LogP contribution in [0.2, 0.25) is 0 Å². The number of benzene rings is 1. The van der Waals surface area contributed by atoms with Crippen molar-refractivity contribution in [3.05, 3.63) is 29.8 Å². The lowest BCUT2D eigenvalue weighted by atomic mass is 9.77. The maximum absolute atomic E-state index is 12.0. The normalized spacial score (nSPS) is 23.7. The minimum atomic E-state index is -0.419. The Labute approximate surface area is 193 Å². The Kier molecular flexibility index (Phi) is 6.14. The Bertz CT molecular complexity index is 805. The third kappa shape index (κ3) is 5.00. The highest BCUT2D eigenvalue weighted by Gasteiger charge is 2.51. The van der Waals surface area contributed by atoms with Gasteiger partial charge in [-0.3, -0.25) is 0 Å². The van der Waals surface area contributed by atoms with E-state index in [2.05, 4.69) is 56.9 Å². The Hall–Kier alpha value is -1.57. The minimum Gasteiger partial charge on any atom is -0.444 e. The van der Waals surface area contributed by atoms with Gasteiger partial charge in [0.05, 0.1) is 11.2 Å². The van der Waals surface area contributed by atoms with Crippen LogP contribution in [0.1, 0.15) is 66.4 Å². The van der Waals surface area contributed by atoms with E-state index >= 15 is 0 Å². The monoisotopic (exact) mass is 442 g/mol. The summed E-state index contributed by atoms with van der Waals surface area (Å²) in [5.74, 6) is 1.20. The zero-order chi connectivity index (χ0) is 23.3. The fraction of sp³-hybridized carbons (Fsp3) is 0.720. The molecule has 3 aliphatic heterocycles. The van der Waals surface area contributed by atoms with Crippen LogP contribution in [0.25, 0.3) is 0 Å². The van der Waals surface area contributed by atoms with Gasteiger partial charge in [-0.15, -0.1) is 0 Å². The largest absolute Gasteiger partial charge is 0.494 e. The smallest absolute Gasteiger partial charge is 0.444 e. The molecular weight excluding hydrogens is 403 g/mol. The summed E-state index contributed by atoms with van der Waals surface area (Å²) in [7, 11) is -0.297. The highest BCUT2D eigenvalue weighted by Crippen LogP contribution is 2.36. The van der Waals surface area contributed by atoms with Gasteiger partial charge in [0.15, 0.2) is 0 Å². The summed E-state index contributed by atoms with van der Waals surface area (Å²) in [6, 6.07) is 8.76. The fourth-order valence-corrected chi connectivity index (χ4v) is 4.46. The van der Waals surface area contributed by atoms with E-state index in [9.17, 15) is 4.79 Å². The zero-order valence-electron chi connectivity index (χ0n) is 20.8. The maximum Gasteiger partial charge on any atom is 0.494 e. The van der Waals surface area contributed by atoms with Crippen molar-refractivity contribution in [2.24, 2.45) is 5.92 Å². The molecule has 3 heterocycles. The lowest BCUT2D eigenvalue weighted by molar-refractivity contribution is -0.00472. The Morgan fingerprint density at radius 3 is 2.12 bits per heavy atom. The molecule has 3 aliphatic rings. The number of likely N-dealkylation sites (tertiary alicyclic amines) is 2. The van der Waals surface area contributed by atoms with Crippen LogP contribution in [-0.2, 0) is 14.0 Å². The first kappa shape index (κ1) is 23.6. The van der Waals surface area contributed by atoms with Crippen LogP contribution in [0.3, 0.4) is 0 Å². The van der Waals surface area contributed by atoms with Crippen LogP contribution >= 0.6 is 0 Å². The van der Waals surface area contributed by atoms with Crippen molar-refractivity contribution in [3.63, 3.8) is 0 Å². The number of carbonyl (C=O) groups is 1. The molecule has 0 bridgehead atoms. The van der Waals surface area contributed by atoms with E-state index in [1.54, 1.807) is 0 Å². The number of amides is 1. The second-order valence-electron chi connectivity index (χ2n) is 11.8. The van der Waals surface area contributed by atoms with Crippen molar-refractivity contribution in [2.45, 2.75) is 77.6 Å². The molecule has 1 aromatic carbocycles. The third-order valence-electron chi connectivity index (χ3n) is 7.35. The maximum atomic E-state index is 12.0. The Morgan fingerprint density at radius 1 is 1.03 bits per heavy atom. The molecule has 0 aromatic heterocycles. The molecule has 176 valence electrons. The van der Waals surface area contributed by atoms with Gasteiger partial charge in [-0.05, 0) is 78.4 Å². The predicted molar refractivity (Wildman–Crippen MR) is 127 cm³/mol. The summed E-state index contributed by atoms with van der Waals surface area (Å²) in [6.45, 7) is 19.1. The lowest BCUT2D eigenvalue weighted by Gasteiger charge is -2.43. The van der Waals surface area contributed by atoms with E-state index in [0.29, 0.717) is 11.8 Å². The van der Waals surface area contributed by atoms with Gasteiger partial charge in [0, 0.05) is 32.1 Å². The molecule has 0 N–H and O–H groups in total. The average Bonchev–Trinajstić information content (AvgIpc) is 2.81. The second kappa shape index (κ2) is 8.34. The summed E-state index contributed by atoms with van der Waals surface area (Å²) in [5.41, 5.74) is 1.44. The predicted octanol–water partition coefficient (Wildman–Crippen LogP) is 3.64. The zero-order valence-corrected chi connectivity index (χ0v) is 20.8. The molecule has 1 amide bonds. The number of nitrogens with zero attached hydrogens (tertiary/aromatic N) is 2. The van der Waals surface area contributed by atoms with Crippen LogP contribution in [0, 0.1) is 5.92 Å². The molecule has 7 heteroatoms. The van der Waals surface area contributed by atoms with E-state index in [1.807, 2.05) is 25.7 Å². The van der Waals surface area contributed by atoms with Crippen LogP contribution in [0.4, 0.5) is 4.79 Å². The molecule has 1 aromatic rings. The summed E-state index contributed by atoms with van der Waals surface area (Å²) < 4.78 is 17.8. The number of rotatable bonds is 5. The van der Waals surface area contributed by atoms with Crippen molar-refractivity contribution in [1.29, 1.82) is 0 Å². The Morgan fingerprint density at radius 2 is 1.59 bits per heavy atom. The minimum absolute atomic E-state index is 0.179. The molecule has 0 radical (unpaired) electrons. The van der Waals surface area contributed by atoms with Crippen molar-refractivity contribution in [3.8, 4) is 0 Å². The van der Waals surface area contributed by atoms with Crippen LogP contribution < -0.4 is 5.46 Å². The van der Waals surface area contributed by atoms with Crippen LogP contribution in [0.5, 0.6) is 0 Å². The van der Waals surface area contributed by atoms with Crippen molar-refractivity contribution in [2.75, 3.05) is 32.7 Å². The number of ether oxygens (including phenoxy) is 1. The highest BCUT2D eigenvalue weighted by atomic mass is 16.7.